The van der Waals surface area contributed by atoms with Crippen LogP contribution in [0.15, 0.2) is 91.1 Å². The molecule has 1 aliphatic heterocycles. The second-order valence-corrected chi connectivity index (χ2v) is 8.26. The number of anilines is 1. The molecule has 30 heavy (non-hydrogen) atoms. The van der Waals surface area contributed by atoms with Gasteiger partial charge in [-0.1, -0.05) is 72.8 Å². The molecule has 2 N–H and O–H groups in total. The lowest BCUT2D eigenvalue weighted by Crippen LogP contribution is -2.29. The fourth-order valence-electron chi connectivity index (χ4n) is 5.11. The summed E-state index contributed by atoms with van der Waals surface area (Å²) in [4.78, 5) is 3.46. The highest BCUT2D eigenvalue weighted by Crippen LogP contribution is 2.53. The molecule has 1 aromatic heterocycles. The Labute approximate surface area is 176 Å². The Balaban J connectivity index is 1.39. The average molecular weight is 393 g/mol. The minimum Gasteiger partial charge on any atom is -0.487 e. The summed E-state index contributed by atoms with van der Waals surface area (Å²) in [5, 5.41) is 5.18. The van der Waals surface area contributed by atoms with Crippen molar-refractivity contribution in [2.45, 2.75) is 25.0 Å². The monoisotopic (exact) mass is 392 g/mol. The maximum atomic E-state index is 6.30. The van der Waals surface area contributed by atoms with Crippen molar-refractivity contribution < 1.29 is 4.74 Å². The number of ether oxygens (including phenoxy) is 1. The van der Waals surface area contributed by atoms with Gasteiger partial charge < -0.3 is 15.0 Å². The first kappa shape index (κ1) is 17.4. The smallest absolute Gasteiger partial charge is 0.143 e. The highest BCUT2D eigenvalue weighted by atomic mass is 16.5. The quantitative estimate of drug-likeness (QED) is 0.385. The van der Waals surface area contributed by atoms with Crippen molar-refractivity contribution in [3.05, 3.63) is 108 Å². The van der Waals surface area contributed by atoms with Crippen LogP contribution >= 0.6 is 0 Å². The maximum absolute atomic E-state index is 6.30. The number of rotatable bonds is 4. The van der Waals surface area contributed by atoms with Crippen LogP contribution in [0.3, 0.4) is 0 Å². The van der Waals surface area contributed by atoms with E-state index in [1.165, 1.54) is 27.6 Å². The van der Waals surface area contributed by atoms with Gasteiger partial charge in [-0.15, -0.1) is 0 Å². The molecule has 6 rings (SSSR count). The largest absolute Gasteiger partial charge is 0.487 e. The van der Waals surface area contributed by atoms with E-state index >= 15 is 0 Å². The van der Waals surface area contributed by atoms with E-state index in [2.05, 4.69) is 95.4 Å². The van der Waals surface area contributed by atoms with Gasteiger partial charge in [0.15, 0.2) is 0 Å². The number of hydrogen-bond acceptors (Lipinski definition) is 2. The molecule has 2 heterocycles. The summed E-state index contributed by atoms with van der Waals surface area (Å²) in [6.07, 6.45) is 7.99. The van der Waals surface area contributed by atoms with E-state index in [-0.39, 0.29) is 6.04 Å². The van der Waals surface area contributed by atoms with Gasteiger partial charge in [-0.2, -0.15) is 0 Å². The van der Waals surface area contributed by atoms with Crippen LogP contribution in [0.4, 0.5) is 5.69 Å². The normalized spacial score (nSPS) is 21.8. The molecule has 0 saturated carbocycles. The number of aromatic amines is 1. The average Bonchev–Trinajstić information content (AvgIpc) is 3.46. The molecule has 4 aromatic rings. The van der Waals surface area contributed by atoms with Crippen LogP contribution in [0.2, 0.25) is 0 Å². The van der Waals surface area contributed by atoms with Crippen LogP contribution in [-0.2, 0) is 6.61 Å². The van der Waals surface area contributed by atoms with Gasteiger partial charge in [0.2, 0.25) is 0 Å². The lowest BCUT2D eigenvalue weighted by molar-refractivity contribution is 0.304. The van der Waals surface area contributed by atoms with Crippen molar-refractivity contribution in [3.63, 3.8) is 0 Å². The molecule has 1 aliphatic carbocycles. The first-order valence-corrected chi connectivity index (χ1v) is 10.7. The number of nitrogens with one attached hydrogen (secondary N) is 2. The third-order valence-corrected chi connectivity index (χ3v) is 6.55. The summed E-state index contributed by atoms with van der Waals surface area (Å²) in [5.74, 6) is 1.86. The second-order valence-electron chi connectivity index (χ2n) is 8.26. The molecule has 3 atom stereocenters. The summed E-state index contributed by atoms with van der Waals surface area (Å²) < 4.78 is 6.30. The third kappa shape index (κ3) is 2.81. The van der Waals surface area contributed by atoms with Gasteiger partial charge in [0.1, 0.15) is 12.4 Å². The SMILES string of the molecule is C1=CC2c3cccc(OCc4ccccc4)c3NC(c3c[nH]c4ccccc34)C2C1. The second kappa shape index (κ2) is 7.10. The fraction of sp³-hybridized carbons (Fsp3) is 0.185. The Morgan fingerprint density at radius 3 is 2.67 bits per heavy atom. The van der Waals surface area contributed by atoms with E-state index in [4.69, 9.17) is 4.74 Å². The first-order chi connectivity index (χ1) is 14.9. The number of hydrogen-bond donors (Lipinski definition) is 2. The van der Waals surface area contributed by atoms with E-state index < -0.39 is 0 Å². The molecule has 2 aliphatic rings. The van der Waals surface area contributed by atoms with Gasteiger partial charge in [0.25, 0.3) is 0 Å². The molecule has 3 aromatic carbocycles. The van der Waals surface area contributed by atoms with Crippen molar-refractivity contribution in [2.24, 2.45) is 5.92 Å². The lowest BCUT2D eigenvalue weighted by atomic mass is 9.77. The van der Waals surface area contributed by atoms with Gasteiger partial charge in [-0.3, -0.25) is 0 Å². The zero-order valence-electron chi connectivity index (χ0n) is 16.7. The molecular formula is C27H24N2O. The summed E-state index contributed by atoms with van der Waals surface area (Å²) in [6, 6.07) is 25.6. The Morgan fingerprint density at radius 1 is 0.867 bits per heavy atom. The van der Waals surface area contributed by atoms with Crippen molar-refractivity contribution in [1.29, 1.82) is 0 Å². The Bertz CT molecular complexity index is 1220. The van der Waals surface area contributed by atoms with E-state index in [0.717, 1.165) is 17.9 Å². The van der Waals surface area contributed by atoms with Gasteiger partial charge in [0, 0.05) is 23.0 Å². The topological polar surface area (TPSA) is 37.0 Å². The van der Waals surface area contributed by atoms with Crippen LogP contribution in [-0.4, -0.2) is 4.98 Å². The minimum atomic E-state index is 0.245. The van der Waals surface area contributed by atoms with E-state index in [1.807, 2.05) is 6.07 Å². The third-order valence-electron chi connectivity index (χ3n) is 6.55. The minimum absolute atomic E-state index is 0.245. The fourth-order valence-corrected chi connectivity index (χ4v) is 5.11. The number of aromatic nitrogens is 1. The number of para-hydroxylation sites is 2. The van der Waals surface area contributed by atoms with Crippen LogP contribution in [0.1, 0.15) is 35.1 Å². The molecule has 0 fully saturated rings. The van der Waals surface area contributed by atoms with Gasteiger partial charge >= 0.3 is 0 Å². The molecular weight excluding hydrogens is 368 g/mol. The predicted molar refractivity (Wildman–Crippen MR) is 122 cm³/mol. The van der Waals surface area contributed by atoms with Gasteiger partial charge in [0.05, 0.1) is 11.7 Å². The molecule has 3 unspecified atom stereocenters. The molecule has 3 nitrogen and oxygen atoms in total. The highest BCUT2D eigenvalue weighted by molar-refractivity contribution is 5.84. The van der Waals surface area contributed by atoms with Crippen molar-refractivity contribution >= 4 is 16.6 Å². The lowest BCUT2D eigenvalue weighted by Gasteiger charge is -2.38. The van der Waals surface area contributed by atoms with E-state index in [1.54, 1.807) is 0 Å². The first-order valence-electron chi connectivity index (χ1n) is 10.7. The molecule has 0 radical (unpaired) electrons. The van der Waals surface area contributed by atoms with Crippen LogP contribution in [0.25, 0.3) is 10.9 Å². The molecule has 148 valence electrons. The number of allylic oxidation sites excluding steroid dienone is 2. The summed E-state index contributed by atoms with van der Waals surface area (Å²) in [7, 11) is 0. The molecule has 0 bridgehead atoms. The Hall–Kier alpha value is -3.46. The van der Waals surface area contributed by atoms with Crippen molar-refractivity contribution in [1.82, 2.24) is 4.98 Å². The predicted octanol–water partition coefficient (Wildman–Crippen LogP) is 6.57. The summed E-state index contributed by atoms with van der Waals surface area (Å²) in [5.41, 5.74) is 6.19. The van der Waals surface area contributed by atoms with Gasteiger partial charge in [-0.05, 0) is 41.2 Å². The molecule has 0 amide bonds. The van der Waals surface area contributed by atoms with E-state index in [9.17, 15) is 0 Å². The number of fused-ring (bicyclic) bond motifs is 4. The zero-order chi connectivity index (χ0) is 19.9. The van der Waals surface area contributed by atoms with Gasteiger partial charge in [-0.25, -0.2) is 0 Å². The summed E-state index contributed by atoms with van der Waals surface area (Å²) >= 11 is 0. The number of H-pyrrole nitrogens is 1. The molecule has 0 saturated heterocycles. The van der Waals surface area contributed by atoms with Crippen LogP contribution in [0, 0.1) is 5.92 Å². The number of benzene rings is 3. The highest BCUT2D eigenvalue weighted by Gasteiger charge is 2.39. The Morgan fingerprint density at radius 2 is 1.73 bits per heavy atom. The van der Waals surface area contributed by atoms with E-state index in [0.29, 0.717) is 18.4 Å². The molecule has 0 spiro atoms. The molecule has 3 heteroatoms. The van der Waals surface area contributed by atoms with Crippen molar-refractivity contribution in [3.8, 4) is 5.75 Å². The van der Waals surface area contributed by atoms with Crippen LogP contribution < -0.4 is 10.1 Å². The zero-order valence-corrected chi connectivity index (χ0v) is 16.7. The maximum Gasteiger partial charge on any atom is 0.143 e. The standard InChI is InChI=1S/C27H24N2O/c1-2-8-18(9-3-1)17-30-25-15-7-13-22-19-11-6-12-21(19)26(29-27(22)25)23-16-28-24-14-5-4-10-20(23)24/h1-11,13-16,19,21,26,28-29H,12,17H2. The summed E-state index contributed by atoms with van der Waals surface area (Å²) in [6.45, 7) is 0.570. The Kier molecular flexibility index (Phi) is 4.12. The van der Waals surface area contributed by atoms with Crippen LogP contribution in [0.5, 0.6) is 5.75 Å². The van der Waals surface area contributed by atoms with Crippen molar-refractivity contribution in [2.75, 3.05) is 5.32 Å².